The molecule has 0 amide bonds. The first-order chi connectivity index (χ1) is 13.6. The first kappa shape index (κ1) is 21.1. The number of nitrogens with zero attached hydrogens (tertiary/aromatic N) is 1. The molecule has 2 heterocycles. The van der Waals surface area contributed by atoms with E-state index in [0.29, 0.717) is 21.4 Å². The predicted molar refractivity (Wildman–Crippen MR) is 122 cm³/mol. The van der Waals surface area contributed by atoms with Crippen molar-refractivity contribution in [2.75, 3.05) is 10.8 Å². The van der Waals surface area contributed by atoms with Gasteiger partial charge >= 0.3 is 0 Å². The highest BCUT2D eigenvalue weighted by molar-refractivity contribution is 8.12. The van der Waals surface area contributed by atoms with Crippen LogP contribution in [0.1, 0.15) is 37.0 Å². The van der Waals surface area contributed by atoms with Crippen LogP contribution in [-0.2, 0) is 11.2 Å². The number of Topliss-reactive ketones (excluding diaryl/α,β-unsaturated/α-hetero) is 1. The summed E-state index contributed by atoms with van der Waals surface area (Å²) in [6, 6.07) is 15.9. The third-order valence-electron chi connectivity index (χ3n) is 4.25. The number of thioether (sulfide) groups is 1. The lowest BCUT2D eigenvalue weighted by Crippen LogP contribution is -2.10. The fourth-order valence-corrected chi connectivity index (χ4v) is 6.15. The van der Waals surface area contributed by atoms with Crippen molar-refractivity contribution in [1.82, 2.24) is 4.98 Å². The van der Waals surface area contributed by atoms with E-state index in [-0.39, 0.29) is 5.78 Å². The molecule has 2 aromatic heterocycles. The molecule has 28 heavy (non-hydrogen) atoms. The normalized spacial score (nSPS) is 12.1. The van der Waals surface area contributed by atoms with Gasteiger partial charge in [0.25, 0.3) is 0 Å². The molecular formula is C22H23NO2S3. The topological polar surface area (TPSA) is 53.0 Å². The molecule has 6 heteroatoms. The largest absolute Gasteiger partial charge is 0.616 e. The first-order valence-electron chi connectivity index (χ1n) is 9.23. The molecule has 1 unspecified atom stereocenters. The molecule has 0 aliphatic rings. The number of hydrogen-bond donors (Lipinski definition) is 0. The minimum absolute atomic E-state index is 0.0223. The summed E-state index contributed by atoms with van der Waals surface area (Å²) in [5.74, 6) is 0.667. The van der Waals surface area contributed by atoms with Crippen molar-refractivity contribution in [2.24, 2.45) is 0 Å². The second-order valence-electron chi connectivity index (χ2n) is 6.39. The molecule has 3 rings (SSSR count). The molecule has 0 saturated carbocycles. The molecule has 0 fully saturated rings. The van der Waals surface area contributed by atoms with Crippen molar-refractivity contribution in [3.8, 4) is 21.7 Å². The number of benzene rings is 1. The van der Waals surface area contributed by atoms with Gasteiger partial charge < -0.3 is 4.55 Å². The van der Waals surface area contributed by atoms with E-state index in [1.807, 2.05) is 53.9 Å². The van der Waals surface area contributed by atoms with Crippen LogP contribution in [0.5, 0.6) is 0 Å². The molecule has 0 bridgehead atoms. The standard InChI is InChI=1S/C22H23NO2S3/c1-3-4-13-28(25)15-27-22-21(16(2)24)18(17-9-6-5-7-10-17)14-19(23-22)20-11-8-12-26-20/h5-12,14H,3-4,13,15H2,1-2H3. The van der Waals surface area contributed by atoms with E-state index in [9.17, 15) is 9.35 Å². The summed E-state index contributed by atoms with van der Waals surface area (Å²) in [5, 5.41) is 3.14. The number of unbranched alkanes of at least 4 members (excludes halogenated alkanes) is 1. The average molecular weight is 430 g/mol. The van der Waals surface area contributed by atoms with E-state index in [0.717, 1.165) is 34.5 Å². The molecule has 0 aliphatic heterocycles. The summed E-state index contributed by atoms with van der Waals surface area (Å²) in [6.45, 7) is 3.67. The van der Waals surface area contributed by atoms with Gasteiger partial charge in [0, 0.05) is 0 Å². The van der Waals surface area contributed by atoms with Gasteiger partial charge in [-0.05, 0) is 53.2 Å². The maximum atomic E-state index is 12.5. The van der Waals surface area contributed by atoms with Gasteiger partial charge in [-0.25, -0.2) is 4.98 Å². The van der Waals surface area contributed by atoms with Gasteiger partial charge in [0.2, 0.25) is 0 Å². The smallest absolute Gasteiger partial charge is 0.163 e. The molecule has 0 aliphatic carbocycles. The number of aromatic nitrogens is 1. The first-order valence-corrected chi connectivity index (χ1v) is 12.6. The van der Waals surface area contributed by atoms with E-state index in [1.54, 1.807) is 18.3 Å². The average Bonchev–Trinajstić information content (AvgIpc) is 3.25. The number of pyridine rings is 1. The molecule has 0 spiro atoms. The zero-order valence-corrected chi connectivity index (χ0v) is 18.5. The molecule has 0 saturated heterocycles. The number of carbonyl (C=O) groups is 1. The van der Waals surface area contributed by atoms with Crippen molar-refractivity contribution in [3.63, 3.8) is 0 Å². The van der Waals surface area contributed by atoms with Crippen LogP contribution in [0.25, 0.3) is 21.7 Å². The van der Waals surface area contributed by atoms with Gasteiger partial charge in [-0.3, -0.25) is 4.79 Å². The Balaban J connectivity index is 2.05. The molecule has 146 valence electrons. The maximum absolute atomic E-state index is 12.5. The summed E-state index contributed by atoms with van der Waals surface area (Å²) >= 11 is 2.13. The van der Waals surface area contributed by atoms with Crippen LogP contribution in [0.4, 0.5) is 0 Å². The van der Waals surface area contributed by atoms with Gasteiger partial charge in [-0.2, -0.15) is 0 Å². The highest BCUT2D eigenvalue weighted by Crippen LogP contribution is 2.36. The second kappa shape index (κ2) is 10.3. The van der Waals surface area contributed by atoms with E-state index in [1.165, 1.54) is 11.8 Å². The molecule has 0 radical (unpaired) electrons. The fraction of sp³-hybridized carbons (Fsp3) is 0.273. The van der Waals surface area contributed by atoms with Gasteiger partial charge in [0.05, 0.1) is 16.1 Å². The summed E-state index contributed by atoms with van der Waals surface area (Å²) in [5.41, 5.74) is 3.33. The molecule has 0 N–H and O–H groups in total. The zero-order chi connectivity index (χ0) is 19.9. The molecule has 1 aromatic carbocycles. The number of thiophene rings is 1. The maximum Gasteiger partial charge on any atom is 0.163 e. The monoisotopic (exact) mass is 429 g/mol. The molecule has 3 nitrogen and oxygen atoms in total. The summed E-state index contributed by atoms with van der Waals surface area (Å²) in [7, 11) is 0. The highest BCUT2D eigenvalue weighted by atomic mass is 32.3. The van der Waals surface area contributed by atoms with Crippen LogP contribution >= 0.6 is 23.1 Å². The zero-order valence-electron chi connectivity index (χ0n) is 16.0. The van der Waals surface area contributed by atoms with E-state index in [2.05, 4.69) is 6.92 Å². The lowest BCUT2D eigenvalue weighted by Gasteiger charge is -2.15. The Hall–Kier alpha value is -1.60. The van der Waals surface area contributed by atoms with Crippen molar-refractivity contribution >= 4 is 40.1 Å². The van der Waals surface area contributed by atoms with E-state index >= 15 is 0 Å². The number of hydrogen-bond acceptors (Lipinski definition) is 5. The van der Waals surface area contributed by atoms with Gasteiger partial charge in [-0.15, -0.1) is 11.3 Å². The highest BCUT2D eigenvalue weighted by Gasteiger charge is 2.21. The summed E-state index contributed by atoms with van der Waals surface area (Å²) in [6.07, 6.45) is 1.98. The number of carbonyl (C=O) groups excluding carboxylic acids is 1. The summed E-state index contributed by atoms with van der Waals surface area (Å²) < 4.78 is 12.3. The predicted octanol–water partition coefficient (Wildman–Crippen LogP) is 6.28. The van der Waals surface area contributed by atoms with Gasteiger partial charge in [0.1, 0.15) is 10.8 Å². The lowest BCUT2D eigenvalue weighted by atomic mass is 9.98. The van der Waals surface area contributed by atoms with E-state index < -0.39 is 11.2 Å². The van der Waals surface area contributed by atoms with Crippen LogP contribution in [0.15, 0.2) is 58.9 Å². The van der Waals surface area contributed by atoms with Crippen LogP contribution in [-0.4, -0.2) is 26.2 Å². The number of ketones is 1. The van der Waals surface area contributed by atoms with Gasteiger partial charge in [-0.1, -0.05) is 61.5 Å². The Bertz CT molecular complexity index is 911. The van der Waals surface area contributed by atoms with Crippen molar-refractivity contribution in [2.45, 2.75) is 31.7 Å². The quantitative estimate of drug-likeness (QED) is 0.228. The van der Waals surface area contributed by atoms with E-state index in [4.69, 9.17) is 4.98 Å². The fourth-order valence-electron chi connectivity index (χ4n) is 2.85. The van der Waals surface area contributed by atoms with Crippen LogP contribution in [0.3, 0.4) is 0 Å². The SMILES string of the molecule is CCCC[S+]([O-])CSc1nc(-c2cccs2)cc(-c2ccccc2)c1C(C)=O. The third kappa shape index (κ3) is 5.26. The molecule has 3 aromatic rings. The van der Waals surface area contributed by atoms with Crippen molar-refractivity contribution in [1.29, 1.82) is 0 Å². The van der Waals surface area contributed by atoms with Crippen LogP contribution < -0.4 is 0 Å². The van der Waals surface area contributed by atoms with Gasteiger partial charge in [0.15, 0.2) is 10.9 Å². The Morgan fingerprint density at radius 3 is 2.64 bits per heavy atom. The van der Waals surface area contributed by atoms with Crippen LogP contribution in [0, 0.1) is 0 Å². The molecule has 1 atom stereocenters. The third-order valence-corrected chi connectivity index (χ3v) is 7.98. The summed E-state index contributed by atoms with van der Waals surface area (Å²) in [4.78, 5) is 18.4. The lowest BCUT2D eigenvalue weighted by molar-refractivity contribution is 0.101. The Morgan fingerprint density at radius 2 is 2.00 bits per heavy atom. The molecular weight excluding hydrogens is 406 g/mol. The van der Waals surface area contributed by atoms with Crippen LogP contribution in [0.2, 0.25) is 0 Å². The Labute approximate surface area is 177 Å². The minimum Gasteiger partial charge on any atom is -0.616 e. The number of rotatable bonds is 9. The Kier molecular flexibility index (Phi) is 7.73. The Morgan fingerprint density at radius 1 is 1.21 bits per heavy atom. The minimum atomic E-state index is -0.922. The van der Waals surface area contributed by atoms with Crippen molar-refractivity contribution in [3.05, 3.63) is 59.5 Å². The second-order valence-corrected chi connectivity index (χ2v) is 10.2. The van der Waals surface area contributed by atoms with Crippen molar-refractivity contribution < 1.29 is 9.35 Å².